The summed E-state index contributed by atoms with van der Waals surface area (Å²) in [6.45, 7) is 8.30. The van der Waals surface area contributed by atoms with Crippen molar-refractivity contribution < 1.29 is 9.90 Å². The zero-order chi connectivity index (χ0) is 25.1. The largest absolute Gasteiger partial charge is 0.481 e. The van der Waals surface area contributed by atoms with E-state index in [1.165, 1.54) is 5.56 Å². The van der Waals surface area contributed by atoms with Crippen LogP contribution in [0.25, 0.3) is 22.6 Å². The lowest BCUT2D eigenvalue weighted by molar-refractivity contribution is -0.137. The zero-order valence-corrected chi connectivity index (χ0v) is 20.2. The quantitative estimate of drug-likeness (QED) is 0.357. The van der Waals surface area contributed by atoms with Crippen LogP contribution in [0.4, 0.5) is 0 Å². The summed E-state index contributed by atoms with van der Waals surface area (Å²) in [4.78, 5) is 48.6. The predicted molar refractivity (Wildman–Crippen MR) is 134 cm³/mol. The van der Waals surface area contributed by atoms with Gasteiger partial charge in [0.2, 0.25) is 0 Å². The van der Waals surface area contributed by atoms with Gasteiger partial charge in [-0.25, -0.2) is 9.78 Å². The van der Waals surface area contributed by atoms with Crippen LogP contribution in [0, 0.1) is 20.8 Å². The molecule has 2 aromatic carbocycles. The predicted octanol–water partition coefficient (Wildman–Crippen LogP) is 2.88. The molecule has 0 radical (unpaired) electrons. The number of hydrogen-bond donors (Lipinski definition) is 2. The second-order valence-electron chi connectivity index (χ2n) is 8.99. The van der Waals surface area contributed by atoms with Crippen LogP contribution in [0.1, 0.15) is 35.1 Å². The molecule has 0 bridgehead atoms. The number of rotatable bonds is 9. The summed E-state index contributed by atoms with van der Waals surface area (Å²) in [7, 11) is 0. The number of benzene rings is 2. The minimum atomic E-state index is -0.821. The van der Waals surface area contributed by atoms with Gasteiger partial charge in [0.05, 0.1) is 11.0 Å². The van der Waals surface area contributed by atoms with Crippen molar-refractivity contribution in [3.63, 3.8) is 0 Å². The molecule has 0 fully saturated rings. The minimum absolute atomic E-state index is 0.0909. The minimum Gasteiger partial charge on any atom is -0.481 e. The molecule has 0 saturated heterocycles. The van der Waals surface area contributed by atoms with Crippen molar-refractivity contribution >= 4 is 17.0 Å². The second kappa shape index (κ2) is 10.2. The van der Waals surface area contributed by atoms with E-state index in [2.05, 4.69) is 44.1 Å². The first kappa shape index (κ1) is 24.3. The van der Waals surface area contributed by atoms with Crippen molar-refractivity contribution in [2.75, 3.05) is 13.1 Å². The van der Waals surface area contributed by atoms with Crippen LogP contribution in [0.2, 0.25) is 0 Å². The Morgan fingerprint density at radius 3 is 2.46 bits per heavy atom. The van der Waals surface area contributed by atoms with E-state index in [1.807, 2.05) is 37.5 Å². The first-order valence-corrected chi connectivity index (χ1v) is 11.6. The Kier molecular flexibility index (Phi) is 7.07. The number of aromatic amines is 1. The van der Waals surface area contributed by atoms with E-state index in [1.54, 1.807) is 0 Å². The number of nitrogens with zero attached hydrogens (tertiary/aromatic N) is 4. The van der Waals surface area contributed by atoms with E-state index in [9.17, 15) is 14.4 Å². The van der Waals surface area contributed by atoms with E-state index >= 15 is 0 Å². The normalized spacial score (nSPS) is 11.5. The van der Waals surface area contributed by atoms with Gasteiger partial charge in [-0.2, -0.15) is 4.98 Å². The third-order valence-corrected chi connectivity index (χ3v) is 6.26. The van der Waals surface area contributed by atoms with Gasteiger partial charge in [-0.3, -0.25) is 19.5 Å². The fourth-order valence-electron chi connectivity index (χ4n) is 4.19. The van der Waals surface area contributed by atoms with E-state index in [0.29, 0.717) is 38.1 Å². The lowest BCUT2D eigenvalue weighted by Gasteiger charge is -2.25. The number of carbonyl (C=O) groups is 1. The third kappa shape index (κ3) is 5.63. The molecule has 2 aromatic rings. The van der Waals surface area contributed by atoms with Gasteiger partial charge >= 0.3 is 11.7 Å². The molecule has 4 rings (SSSR count). The molecule has 0 unspecified atom stereocenters. The Morgan fingerprint density at radius 2 is 1.74 bits per heavy atom. The Labute approximate surface area is 202 Å². The number of nitrogens with one attached hydrogen (secondary N) is 1. The van der Waals surface area contributed by atoms with Crippen LogP contribution in [0.15, 0.2) is 46.0 Å². The Hall–Kier alpha value is -3.85. The molecular weight excluding hydrogens is 446 g/mol. The fourth-order valence-corrected chi connectivity index (χ4v) is 4.19. The maximum atomic E-state index is 12.5. The molecule has 9 heteroatoms. The molecule has 2 heterocycles. The highest BCUT2D eigenvalue weighted by Crippen LogP contribution is 2.24. The number of hydrogen-bond acceptors (Lipinski definition) is 6. The van der Waals surface area contributed by atoms with Gasteiger partial charge in [-0.1, -0.05) is 29.8 Å². The molecule has 0 amide bonds. The summed E-state index contributed by atoms with van der Waals surface area (Å²) in [5.41, 5.74) is 4.71. The molecule has 35 heavy (non-hydrogen) atoms. The first-order valence-electron chi connectivity index (χ1n) is 11.6. The highest BCUT2D eigenvalue weighted by Gasteiger charge is 2.20. The summed E-state index contributed by atoms with van der Waals surface area (Å²) in [5, 5.41) is 9.09. The number of H-pyrrole nitrogens is 1. The molecule has 9 nitrogen and oxygen atoms in total. The van der Waals surface area contributed by atoms with Crippen LogP contribution in [-0.2, 0) is 17.9 Å². The molecular formula is C26H29N5O4. The smallest absolute Gasteiger partial charge is 0.349 e. The van der Waals surface area contributed by atoms with Crippen molar-refractivity contribution in [1.29, 1.82) is 0 Å². The molecule has 0 atom stereocenters. The number of carboxylic acids is 1. The van der Waals surface area contributed by atoms with Crippen LogP contribution in [0.5, 0.6) is 0 Å². The summed E-state index contributed by atoms with van der Waals surface area (Å²) >= 11 is 0. The lowest BCUT2D eigenvalue weighted by Crippen LogP contribution is -2.32. The maximum absolute atomic E-state index is 12.5. The first-order chi connectivity index (χ1) is 16.7. The van der Waals surface area contributed by atoms with Crippen molar-refractivity contribution in [1.82, 2.24) is 24.4 Å². The van der Waals surface area contributed by atoms with E-state index in [4.69, 9.17) is 5.11 Å². The summed E-state index contributed by atoms with van der Waals surface area (Å²) in [6.07, 6.45) is 0.609. The molecule has 182 valence electrons. The van der Waals surface area contributed by atoms with Crippen molar-refractivity contribution in [3.8, 4) is 11.5 Å². The van der Waals surface area contributed by atoms with Gasteiger partial charge in [0.15, 0.2) is 11.5 Å². The SMILES string of the molecule is Cc1ccc(CN(CCCC(=O)O)CCn2c3nc(=O)[nH]c(=O)c-3nc3cc(C)c(C)cc32)cc1. The van der Waals surface area contributed by atoms with Crippen molar-refractivity contribution in [2.45, 2.75) is 46.7 Å². The summed E-state index contributed by atoms with van der Waals surface area (Å²) in [5.74, 6) is -0.576. The van der Waals surface area contributed by atoms with Crippen LogP contribution in [0.3, 0.4) is 0 Å². The Balaban J connectivity index is 1.71. The van der Waals surface area contributed by atoms with Crippen molar-refractivity contribution in [2.24, 2.45) is 0 Å². The van der Waals surface area contributed by atoms with Gasteiger partial charge in [0, 0.05) is 26.1 Å². The van der Waals surface area contributed by atoms with Gasteiger partial charge < -0.3 is 9.67 Å². The molecule has 0 aromatic heterocycles. The molecule has 0 spiro atoms. The average molecular weight is 476 g/mol. The molecule has 2 aliphatic rings. The van der Waals surface area contributed by atoms with Crippen molar-refractivity contribution in [3.05, 3.63) is 79.5 Å². The Morgan fingerprint density at radius 1 is 1.03 bits per heavy atom. The van der Waals surface area contributed by atoms with E-state index in [0.717, 1.165) is 22.2 Å². The van der Waals surface area contributed by atoms with Gasteiger partial charge in [-0.05, 0) is 62.6 Å². The molecule has 0 aliphatic carbocycles. The number of carboxylic acid groups (broad SMARTS) is 1. The second-order valence-corrected chi connectivity index (χ2v) is 8.99. The highest BCUT2D eigenvalue weighted by molar-refractivity contribution is 5.81. The number of aliphatic carboxylic acids is 1. The van der Waals surface area contributed by atoms with Gasteiger partial charge in [-0.15, -0.1) is 0 Å². The van der Waals surface area contributed by atoms with Gasteiger partial charge in [0.25, 0.3) is 5.56 Å². The lowest BCUT2D eigenvalue weighted by atomic mass is 10.1. The maximum Gasteiger partial charge on any atom is 0.349 e. The summed E-state index contributed by atoms with van der Waals surface area (Å²) < 4.78 is 1.88. The van der Waals surface area contributed by atoms with Crippen LogP contribution >= 0.6 is 0 Å². The van der Waals surface area contributed by atoms with Gasteiger partial charge in [0.1, 0.15) is 0 Å². The third-order valence-electron chi connectivity index (χ3n) is 6.26. The van der Waals surface area contributed by atoms with Crippen LogP contribution in [-0.4, -0.2) is 48.6 Å². The summed E-state index contributed by atoms with van der Waals surface area (Å²) in [6, 6.07) is 12.2. The number of aryl methyl sites for hydroxylation is 3. The Bertz CT molecular complexity index is 1460. The monoisotopic (exact) mass is 475 g/mol. The number of fused-ring (bicyclic) bond motifs is 2. The van der Waals surface area contributed by atoms with Crippen LogP contribution < -0.4 is 11.2 Å². The molecule has 2 N–H and O–H groups in total. The fraction of sp³-hybridized carbons (Fsp3) is 0.346. The highest BCUT2D eigenvalue weighted by atomic mass is 16.4. The van der Waals surface area contributed by atoms with E-state index < -0.39 is 17.2 Å². The average Bonchev–Trinajstić information content (AvgIpc) is 2.79. The number of aromatic nitrogens is 4. The zero-order valence-electron chi connectivity index (χ0n) is 20.2. The van der Waals surface area contributed by atoms with E-state index in [-0.39, 0.29) is 17.9 Å². The topological polar surface area (TPSA) is 121 Å². The standard InChI is InChI=1S/C26H29N5O4/c1-16-6-8-19(9-7-16)15-30(10-4-5-22(32)33)11-12-31-21-14-18(3)17(2)13-20(21)27-23-24(31)28-26(35)29-25(23)34/h6-9,13-14H,4-5,10-12,15H2,1-3H3,(H,32,33)(H,29,34,35). The molecule has 0 saturated carbocycles. The molecule has 2 aliphatic heterocycles.